The van der Waals surface area contributed by atoms with Crippen LogP contribution < -0.4 is 5.32 Å². The Balaban J connectivity index is 1.99. The number of hydrogen-bond donors (Lipinski definition) is 1. The van der Waals surface area contributed by atoms with E-state index in [4.69, 9.17) is 0 Å². The molecule has 1 aromatic carbocycles. The number of amides is 1. The lowest BCUT2D eigenvalue weighted by Gasteiger charge is -2.04. The van der Waals surface area contributed by atoms with Crippen LogP contribution in [0.3, 0.4) is 0 Å². The third-order valence-electron chi connectivity index (χ3n) is 2.31. The summed E-state index contributed by atoms with van der Waals surface area (Å²) in [6.07, 6.45) is 1.97. The summed E-state index contributed by atoms with van der Waals surface area (Å²) in [4.78, 5) is 11.3. The Morgan fingerprint density at radius 2 is 2.13 bits per heavy atom. The Bertz CT molecular complexity index is 388. The molecule has 1 aliphatic rings. The highest BCUT2D eigenvalue weighted by Crippen LogP contribution is 2.19. The minimum Gasteiger partial charge on any atom is -0.353 e. The highest BCUT2D eigenvalue weighted by atomic mass is 19.1. The summed E-state index contributed by atoms with van der Waals surface area (Å²) in [7, 11) is 0. The van der Waals surface area contributed by atoms with E-state index in [2.05, 4.69) is 5.32 Å². The fraction of sp³-hybridized carbons (Fsp3) is 0.364. The van der Waals surface area contributed by atoms with Crippen LogP contribution in [0, 0.1) is 11.6 Å². The summed E-state index contributed by atoms with van der Waals surface area (Å²) in [5, 5.41) is 2.74. The van der Waals surface area contributed by atoms with Gasteiger partial charge in [0.05, 0.1) is 6.42 Å². The molecule has 0 saturated heterocycles. The minimum atomic E-state index is -0.666. The lowest BCUT2D eigenvalue weighted by Crippen LogP contribution is -2.27. The monoisotopic (exact) mass is 211 g/mol. The molecule has 0 unspecified atom stereocenters. The maximum absolute atomic E-state index is 13.1. The zero-order chi connectivity index (χ0) is 10.8. The number of carbonyl (C=O) groups is 1. The van der Waals surface area contributed by atoms with E-state index in [1.165, 1.54) is 6.07 Å². The SMILES string of the molecule is O=C(Cc1ccc(F)cc1F)NC1CC1. The predicted octanol–water partition coefficient (Wildman–Crippen LogP) is 1.79. The fourth-order valence-electron chi connectivity index (χ4n) is 1.34. The van der Waals surface area contributed by atoms with Gasteiger partial charge < -0.3 is 5.32 Å². The van der Waals surface area contributed by atoms with Crippen LogP contribution in [-0.4, -0.2) is 11.9 Å². The zero-order valence-corrected chi connectivity index (χ0v) is 8.09. The van der Waals surface area contributed by atoms with Crippen molar-refractivity contribution in [1.29, 1.82) is 0 Å². The van der Waals surface area contributed by atoms with Crippen molar-refractivity contribution in [1.82, 2.24) is 5.32 Å². The normalized spacial score (nSPS) is 15.1. The van der Waals surface area contributed by atoms with E-state index < -0.39 is 11.6 Å². The van der Waals surface area contributed by atoms with Crippen LogP contribution in [0.15, 0.2) is 18.2 Å². The molecule has 0 aromatic heterocycles. The molecule has 1 amide bonds. The van der Waals surface area contributed by atoms with Gasteiger partial charge in [-0.3, -0.25) is 4.79 Å². The van der Waals surface area contributed by atoms with Gasteiger partial charge in [0.1, 0.15) is 11.6 Å². The lowest BCUT2D eigenvalue weighted by atomic mass is 10.1. The standard InChI is InChI=1S/C11H11F2NO/c12-8-2-1-7(10(13)6-8)5-11(15)14-9-3-4-9/h1-2,6,9H,3-5H2,(H,14,15). The Kier molecular flexibility index (Phi) is 2.66. The van der Waals surface area contributed by atoms with Crippen LogP contribution in [0.1, 0.15) is 18.4 Å². The van der Waals surface area contributed by atoms with Gasteiger partial charge in [-0.05, 0) is 24.5 Å². The predicted molar refractivity (Wildman–Crippen MR) is 51.2 cm³/mol. The van der Waals surface area contributed by atoms with Gasteiger partial charge in [0, 0.05) is 12.1 Å². The van der Waals surface area contributed by atoms with Crippen LogP contribution in [-0.2, 0) is 11.2 Å². The molecule has 0 atom stereocenters. The van der Waals surface area contributed by atoms with Gasteiger partial charge in [-0.1, -0.05) is 6.07 Å². The van der Waals surface area contributed by atoms with Gasteiger partial charge in [-0.25, -0.2) is 8.78 Å². The molecule has 4 heteroatoms. The molecular formula is C11H11F2NO. The Morgan fingerprint density at radius 1 is 1.40 bits per heavy atom. The number of nitrogens with one attached hydrogen (secondary N) is 1. The summed E-state index contributed by atoms with van der Waals surface area (Å²) in [6.45, 7) is 0. The van der Waals surface area contributed by atoms with E-state index in [0.717, 1.165) is 25.0 Å². The van der Waals surface area contributed by atoms with E-state index in [0.29, 0.717) is 0 Å². The third kappa shape index (κ3) is 2.75. The maximum atomic E-state index is 13.1. The van der Waals surface area contributed by atoms with E-state index in [1.807, 2.05) is 0 Å². The van der Waals surface area contributed by atoms with E-state index in [-0.39, 0.29) is 23.9 Å². The molecule has 0 radical (unpaired) electrons. The Hall–Kier alpha value is -1.45. The van der Waals surface area contributed by atoms with Crippen LogP contribution >= 0.6 is 0 Å². The first-order valence-electron chi connectivity index (χ1n) is 4.88. The first-order chi connectivity index (χ1) is 7.15. The molecule has 0 aliphatic heterocycles. The highest BCUT2D eigenvalue weighted by molar-refractivity contribution is 5.79. The van der Waals surface area contributed by atoms with Crippen LogP contribution in [0.4, 0.5) is 8.78 Å². The number of hydrogen-bond acceptors (Lipinski definition) is 1. The molecule has 1 N–H and O–H groups in total. The van der Waals surface area contributed by atoms with Crippen molar-refractivity contribution in [2.75, 3.05) is 0 Å². The molecule has 1 aromatic rings. The average molecular weight is 211 g/mol. The van der Waals surface area contributed by atoms with E-state index in [1.54, 1.807) is 0 Å². The summed E-state index contributed by atoms with van der Waals surface area (Å²) < 4.78 is 25.7. The Labute approximate surface area is 86.3 Å². The number of rotatable bonds is 3. The largest absolute Gasteiger partial charge is 0.353 e. The summed E-state index contributed by atoms with van der Waals surface area (Å²) >= 11 is 0. The summed E-state index contributed by atoms with van der Waals surface area (Å²) in [5.41, 5.74) is 0.231. The van der Waals surface area contributed by atoms with Gasteiger partial charge >= 0.3 is 0 Å². The minimum absolute atomic E-state index is 0.0252. The van der Waals surface area contributed by atoms with Gasteiger partial charge in [0.25, 0.3) is 0 Å². The zero-order valence-electron chi connectivity index (χ0n) is 8.09. The van der Waals surface area contributed by atoms with Crippen molar-refractivity contribution in [3.05, 3.63) is 35.4 Å². The van der Waals surface area contributed by atoms with Gasteiger partial charge in [-0.15, -0.1) is 0 Å². The topological polar surface area (TPSA) is 29.1 Å². The van der Waals surface area contributed by atoms with Crippen LogP contribution in [0.5, 0.6) is 0 Å². The van der Waals surface area contributed by atoms with Crippen LogP contribution in [0.25, 0.3) is 0 Å². The molecule has 2 nitrogen and oxygen atoms in total. The van der Waals surface area contributed by atoms with Crippen molar-refractivity contribution in [3.8, 4) is 0 Å². The molecule has 0 spiro atoms. The van der Waals surface area contributed by atoms with Crippen molar-refractivity contribution in [2.45, 2.75) is 25.3 Å². The fourth-order valence-corrected chi connectivity index (χ4v) is 1.34. The first-order valence-corrected chi connectivity index (χ1v) is 4.88. The van der Waals surface area contributed by atoms with E-state index in [9.17, 15) is 13.6 Å². The van der Waals surface area contributed by atoms with Crippen molar-refractivity contribution < 1.29 is 13.6 Å². The van der Waals surface area contributed by atoms with Gasteiger partial charge in [0.15, 0.2) is 0 Å². The smallest absolute Gasteiger partial charge is 0.224 e. The van der Waals surface area contributed by atoms with E-state index >= 15 is 0 Å². The van der Waals surface area contributed by atoms with Crippen molar-refractivity contribution in [3.63, 3.8) is 0 Å². The molecule has 1 fully saturated rings. The molecule has 2 rings (SSSR count). The molecule has 1 saturated carbocycles. The number of halogens is 2. The second-order valence-corrected chi connectivity index (χ2v) is 3.75. The molecule has 0 heterocycles. The molecular weight excluding hydrogens is 200 g/mol. The van der Waals surface area contributed by atoms with Gasteiger partial charge in [0.2, 0.25) is 5.91 Å². The van der Waals surface area contributed by atoms with Crippen LogP contribution in [0.2, 0.25) is 0 Å². The highest BCUT2D eigenvalue weighted by Gasteiger charge is 2.23. The second-order valence-electron chi connectivity index (χ2n) is 3.75. The molecule has 80 valence electrons. The number of carbonyl (C=O) groups excluding carboxylic acids is 1. The quantitative estimate of drug-likeness (QED) is 0.811. The summed E-state index contributed by atoms with van der Waals surface area (Å²) in [5.74, 6) is -1.50. The average Bonchev–Trinajstić information content (AvgIpc) is 2.94. The maximum Gasteiger partial charge on any atom is 0.224 e. The second kappa shape index (κ2) is 3.96. The molecule has 1 aliphatic carbocycles. The van der Waals surface area contributed by atoms with Crippen molar-refractivity contribution in [2.24, 2.45) is 0 Å². The van der Waals surface area contributed by atoms with Gasteiger partial charge in [-0.2, -0.15) is 0 Å². The first kappa shape index (κ1) is 10.1. The Morgan fingerprint density at radius 3 is 2.73 bits per heavy atom. The van der Waals surface area contributed by atoms with Crippen molar-refractivity contribution >= 4 is 5.91 Å². The number of benzene rings is 1. The third-order valence-corrected chi connectivity index (χ3v) is 2.31. The molecule has 0 bridgehead atoms. The summed E-state index contributed by atoms with van der Waals surface area (Å²) in [6, 6.07) is 3.51. The molecule has 15 heavy (non-hydrogen) atoms. The lowest BCUT2D eigenvalue weighted by molar-refractivity contribution is -0.120.